The van der Waals surface area contributed by atoms with Crippen LogP contribution >= 0.6 is 0 Å². The number of esters is 1. The summed E-state index contributed by atoms with van der Waals surface area (Å²) in [5, 5.41) is 2.57. The Balaban J connectivity index is 1.26. The van der Waals surface area contributed by atoms with Crippen LogP contribution in [0.2, 0.25) is 0 Å². The summed E-state index contributed by atoms with van der Waals surface area (Å²) in [5.41, 5.74) is -0.285. The maximum atomic E-state index is 13.7. The molecule has 2 aliphatic heterocycles. The fourth-order valence-electron chi connectivity index (χ4n) is 7.14. The van der Waals surface area contributed by atoms with Crippen molar-refractivity contribution in [1.29, 1.82) is 0 Å². The van der Waals surface area contributed by atoms with Crippen molar-refractivity contribution in [3.63, 3.8) is 0 Å². The van der Waals surface area contributed by atoms with Crippen molar-refractivity contribution >= 4 is 23.8 Å². The van der Waals surface area contributed by atoms with Gasteiger partial charge in [-0.3, -0.25) is 14.5 Å². The molecule has 4 aliphatic carbocycles. The van der Waals surface area contributed by atoms with Gasteiger partial charge in [0.15, 0.2) is 6.10 Å². The number of hydrogen-bond acceptors (Lipinski definition) is 5. The molecule has 6 rings (SSSR count). The third kappa shape index (κ3) is 3.19. The summed E-state index contributed by atoms with van der Waals surface area (Å²) in [6, 6.07) is -1.07. The van der Waals surface area contributed by atoms with E-state index in [9.17, 15) is 19.2 Å². The minimum absolute atomic E-state index is 0.138. The zero-order chi connectivity index (χ0) is 21.0. The van der Waals surface area contributed by atoms with Crippen molar-refractivity contribution in [3.05, 3.63) is 0 Å². The summed E-state index contributed by atoms with van der Waals surface area (Å²) in [6.07, 6.45) is 7.00. The smallest absolute Gasteiger partial charge is 0.329 e. The molecule has 0 aromatic heterocycles. The van der Waals surface area contributed by atoms with Crippen molar-refractivity contribution in [2.24, 2.45) is 23.2 Å². The Morgan fingerprint density at radius 2 is 1.70 bits per heavy atom. The van der Waals surface area contributed by atoms with E-state index in [0.717, 1.165) is 30.6 Å². The summed E-state index contributed by atoms with van der Waals surface area (Å²) in [4.78, 5) is 53.6. The average molecular weight is 418 g/mol. The van der Waals surface area contributed by atoms with Crippen LogP contribution in [0.5, 0.6) is 0 Å². The van der Waals surface area contributed by atoms with E-state index in [1.54, 1.807) is 4.90 Å². The van der Waals surface area contributed by atoms with E-state index < -0.39 is 30.1 Å². The Morgan fingerprint density at radius 1 is 1.07 bits per heavy atom. The van der Waals surface area contributed by atoms with Gasteiger partial charge < -0.3 is 15.0 Å². The Kier molecular flexibility index (Phi) is 4.78. The number of amides is 4. The average Bonchev–Trinajstić information content (AvgIpc) is 3.34. The molecular weight excluding hydrogens is 386 g/mol. The van der Waals surface area contributed by atoms with E-state index in [-0.39, 0.29) is 17.9 Å². The normalized spacial score (nSPS) is 38.0. The van der Waals surface area contributed by atoms with E-state index in [1.165, 1.54) is 26.2 Å². The third-order valence-electron chi connectivity index (χ3n) is 8.04. The number of hydrogen-bond donors (Lipinski definition) is 1. The number of urea groups is 1. The van der Waals surface area contributed by atoms with Crippen LogP contribution < -0.4 is 5.32 Å². The molecule has 2 unspecified atom stereocenters. The largest absolute Gasteiger partial charge is 0.451 e. The van der Waals surface area contributed by atoms with Crippen LogP contribution in [0.25, 0.3) is 0 Å². The molecule has 0 aromatic carbocycles. The SMILES string of the molecule is CC(OC(=O)C1CCCN1C(=O)C12CC3CC(CC(C3)C1)C2)C(=O)N1CCNC1=O. The second-order valence-electron chi connectivity index (χ2n) is 10.2. The van der Waals surface area contributed by atoms with E-state index in [2.05, 4.69) is 5.32 Å². The van der Waals surface area contributed by atoms with E-state index in [0.29, 0.717) is 37.3 Å². The van der Waals surface area contributed by atoms with Crippen molar-refractivity contribution < 1.29 is 23.9 Å². The first-order valence-corrected chi connectivity index (χ1v) is 11.5. The number of ether oxygens (including phenoxy) is 1. The Hall–Kier alpha value is -2.12. The van der Waals surface area contributed by atoms with Gasteiger partial charge in [0, 0.05) is 19.6 Å². The Morgan fingerprint density at radius 3 is 2.27 bits per heavy atom. The first kappa shape index (κ1) is 19.8. The second-order valence-corrected chi connectivity index (χ2v) is 10.2. The quantitative estimate of drug-likeness (QED) is 0.702. The number of imide groups is 1. The van der Waals surface area contributed by atoms with E-state index in [4.69, 9.17) is 4.74 Å². The Bertz CT molecular complexity index is 745. The van der Waals surface area contributed by atoms with Crippen LogP contribution in [-0.4, -0.2) is 65.4 Å². The molecule has 4 amide bonds. The molecule has 4 saturated carbocycles. The monoisotopic (exact) mass is 417 g/mol. The molecular formula is C22H31N3O5. The predicted octanol–water partition coefficient (Wildman–Crippen LogP) is 1.68. The maximum absolute atomic E-state index is 13.7. The molecule has 1 N–H and O–H groups in total. The highest BCUT2D eigenvalue weighted by Gasteiger charge is 2.57. The van der Waals surface area contributed by atoms with Crippen molar-refractivity contribution in [2.75, 3.05) is 19.6 Å². The fourth-order valence-corrected chi connectivity index (χ4v) is 7.14. The fraction of sp³-hybridized carbons (Fsp3) is 0.818. The van der Waals surface area contributed by atoms with Gasteiger partial charge >= 0.3 is 12.0 Å². The van der Waals surface area contributed by atoms with Crippen LogP contribution in [-0.2, 0) is 19.1 Å². The molecule has 2 atom stereocenters. The molecule has 6 aliphatic rings. The number of carbonyl (C=O) groups excluding carboxylic acids is 4. The zero-order valence-corrected chi connectivity index (χ0v) is 17.6. The predicted molar refractivity (Wildman–Crippen MR) is 106 cm³/mol. The lowest BCUT2D eigenvalue weighted by Crippen LogP contribution is -2.56. The molecule has 30 heavy (non-hydrogen) atoms. The van der Waals surface area contributed by atoms with Gasteiger partial charge in [0.25, 0.3) is 5.91 Å². The van der Waals surface area contributed by atoms with Crippen LogP contribution in [0.3, 0.4) is 0 Å². The van der Waals surface area contributed by atoms with Gasteiger partial charge in [0.05, 0.1) is 5.41 Å². The van der Waals surface area contributed by atoms with Gasteiger partial charge in [-0.1, -0.05) is 0 Å². The van der Waals surface area contributed by atoms with Crippen molar-refractivity contribution in [1.82, 2.24) is 15.1 Å². The summed E-state index contributed by atoms with van der Waals surface area (Å²) < 4.78 is 5.45. The van der Waals surface area contributed by atoms with Crippen LogP contribution in [0, 0.1) is 23.2 Å². The molecule has 2 heterocycles. The molecule has 2 saturated heterocycles. The summed E-state index contributed by atoms with van der Waals surface area (Å²) in [6.45, 7) is 2.75. The zero-order valence-electron chi connectivity index (χ0n) is 17.6. The third-order valence-corrected chi connectivity index (χ3v) is 8.04. The molecule has 0 spiro atoms. The molecule has 8 nitrogen and oxygen atoms in total. The number of carbonyl (C=O) groups is 4. The first-order valence-electron chi connectivity index (χ1n) is 11.5. The lowest BCUT2D eigenvalue weighted by atomic mass is 9.49. The Labute approximate surface area is 176 Å². The molecule has 0 radical (unpaired) electrons. The molecule has 4 bridgehead atoms. The van der Waals surface area contributed by atoms with Crippen LogP contribution in [0.4, 0.5) is 4.79 Å². The van der Waals surface area contributed by atoms with E-state index >= 15 is 0 Å². The first-order chi connectivity index (χ1) is 14.4. The van der Waals surface area contributed by atoms with Gasteiger partial charge in [0.1, 0.15) is 6.04 Å². The highest BCUT2D eigenvalue weighted by molar-refractivity contribution is 5.98. The number of nitrogens with one attached hydrogen (secondary N) is 1. The maximum Gasteiger partial charge on any atom is 0.329 e. The number of rotatable bonds is 4. The molecule has 164 valence electrons. The molecule has 0 aromatic rings. The lowest BCUT2D eigenvalue weighted by molar-refractivity contribution is -0.169. The van der Waals surface area contributed by atoms with Crippen molar-refractivity contribution in [2.45, 2.75) is 70.4 Å². The van der Waals surface area contributed by atoms with Gasteiger partial charge in [-0.2, -0.15) is 0 Å². The molecule has 6 fully saturated rings. The minimum atomic E-state index is -1.04. The van der Waals surface area contributed by atoms with Gasteiger partial charge in [-0.05, 0) is 76.0 Å². The summed E-state index contributed by atoms with van der Waals surface area (Å²) in [7, 11) is 0. The standard InChI is InChI=1S/C22H31N3O5/c1-13(18(26)25-6-4-23-21(25)29)30-19(27)17-3-2-5-24(17)20(28)22-10-14-7-15(11-22)9-16(8-14)12-22/h13-17H,2-12H2,1H3,(H,23,29). The minimum Gasteiger partial charge on any atom is -0.451 e. The topological polar surface area (TPSA) is 96.0 Å². The van der Waals surface area contributed by atoms with Gasteiger partial charge in [0.2, 0.25) is 5.91 Å². The van der Waals surface area contributed by atoms with Gasteiger partial charge in [-0.15, -0.1) is 0 Å². The number of likely N-dealkylation sites (tertiary alicyclic amines) is 1. The summed E-state index contributed by atoms with van der Waals surface area (Å²) >= 11 is 0. The lowest BCUT2D eigenvalue weighted by Gasteiger charge is -2.56. The molecule has 8 heteroatoms. The van der Waals surface area contributed by atoms with Crippen LogP contribution in [0.15, 0.2) is 0 Å². The van der Waals surface area contributed by atoms with Crippen molar-refractivity contribution in [3.8, 4) is 0 Å². The highest BCUT2D eigenvalue weighted by Crippen LogP contribution is 2.60. The second kappa shape index (κ2) is 7.24. The van der Waals surface area contributed by atoms with Gasteiger partial charge in [-0.25, -0.2) is 9.59 Å². The number of nitrogens with zero attached hydrogens (tertiary/aromatic N) is 2. The van der Waals surface area contributed by atoms with Crippen LogP contribution in [0.1, 0.15) is 58.3 Å². The summed E-state index contributed by atoms with van der Waals surface area (Å²) in [5.74, 6) is 1.09. The highest BCUT2D eigenvalue weighted by atomic mass is 16.5. The van der Waals surface area contributed by atoms with E-state index in [1.807, 2.05) is 0 Å².